The van der Waals surface area contributed by atoms with Crippen molar-refractivity contribution in [3.05, 3.63) is 134 Å². The largest absolute Gasteiger partial charge is 0.461 e. The number of allylic oxidation sites excluding steroid dienone is 2. The summed E-state index contributed by atoms with van der Waals surface area (Å²) < 4.78 is 25.0. The van der Waals surface area contributed by atoms with Crippen LogP contribution in [0.15, 0.2) is 80.4 Å². The van der Waals surface area contributed by atoms with Gasteiger partial charge < -0.3 is 14.2 Å². The van der Waals surface area contributed by atoms with E-state index in [4.69, 9.17) is 65.0 Å². The molecule has 5 rings (SSSR count). The Labute approximate surface area is 350 Å². The Morgan fingerprint density at radius 3 is 1.84 bits per heavy atom. The fraction of sp³-hybridized carbons (Fsp3) is 0.413. The molecular weight excluding hydrogens is 790 g/mol. The summed E-state index contributed by atoms with van der Waals surface area (Å²) in [6, 6.07) is 14.2. The molecular formula is C46H51Cl4O6+. The van der Waals surface area contributed by atoms with Crippen LogP contribution in [-0.2, 0) is 19.6 Å². The van der Waals surface area contributed by atoms with E-state index in [2.05, 4.69) is 27.7 Å². The highest BCUT2D eigenvalue weighted by atomic mass is 35.5. The first-order chi connectivity index (χ1) is 26.3. The lowest BCUT2D eigenvalue weighted by atomic mass is 9.87. The first-order valence-corrected chi connectivity index (χ1v) is 20.6. The Kier molecular flexibility index (Phi) is 14.6. The molecule has 298 valence electrons. The molecule has 1 atom stereocenters. The van der Waals surface area contributed by atoms with Crippen molar-refractivity contribution < 1.29 is 18.6 Å². The predicted octanol–water partition coefficient (Wildman–Crippen LogP) is 11.0. The highest BCUT2D eigenvalue weighted by Crippen LogP contribution is 2.39. The zero-order valence-electron chi connectivity index (χ0n) is 33.4. The molecule has 0 radical (unpaired) electrons. The van der Waals surface area contributed by atoms with Crippen LogP contribution < -0.4 is 21.3 Å². The van der Waals surface area contributed by atoms with Crippen LogP contribution in [0.1, 0.15) is 85.1 Å². The van der Waals surface area contributed by atoms with Crippen molar-refractivity contribution in [3.8, 4) is 11.3 Å². The third-order valence-corrected chi connectivity index (χ3v) is 11.2. The zero-order chi connectivity index (χ0) is 40.9. The SMILES string of the molecule is CC(C)CCOCC(C)(C)C1=CC(C=c2c(=O)c(=Cc3cc(-c4ccc(Cl)c(Cl)c4)[o+]c(C(C)(C)COCCC(C)C)c3)c2=O)C=C(c2ccc(Cl)c(Cl)c2)O1. The van der Waals surface area contributed by atoms with Crippen molar-refractivity contribution in [1.82, 2.24) is 0 Å². The van der Waals surface area contributed by atoms with Gasteiger partial charge >= 0.3 is 11.5 Å². The summed E-state index contributed by atoms with van der Waals surface area (Å²) in [7, 11) is 0. The second-order valence-electron chi connectivity index (χ2n) is 16.7. The number of hydrogen-bond donors (Lipinski definition) is 0. The second-order valence-corrected chi connectivity index (χ2v) is 18.3. The molecule has 0 saturated carbocycles. The summed E-state index contributed by atoms with van der Waals surface area (Å²) in [6.45, 7) is 18.9. The average molecular weight is 842 g/mol. The number of hydrogen-bond acceptors (Lipinski definition) is 5. The molecule has 0 amide bonds. The molecule has 1 aliphatic heterocycles. The van der Waals surface area contributed by atoms with E-state index < -0.39 is 16.7 Å². The van der Waals surface area contributed by atoms with E-state index in [1.807, 2.05) is 58.0 Å². The lowest BCUT2D eigenvalue weighted by Gasteiger charge is -2.32. The Morgan fingerprint density at radius 1 is 0.714 bits per heavy atom. The summed E-state index contributed by atoms with van der Waals surface area (Å²) >= 11 is 25.2. The Balaban J connectivity index is 1.55. The van der Waals surface area contributed by atoms with E-state index in [0.717, 1.165) is 12.8 Å². The summed E-state index contributed by atoms with van der Waals surface area (Å²) in [5, 5.41) is 1.80. The van der Waals surface area contributed by atoms with Crippen LogP contribution in [0.5, 0.6) is 0 Å². The maximum absolute atomic E-state index is 13.8. The lowest BCUT2D eigenvalue weighted by Crippen LogP contribution is -2.64. The minimum Gasteiger partial charge on any atom is -0.461 e. The van der Waals surface area contributed by atoms with Gasteiger partial charge in [-0.05, 0) is 98.7 Å². The fourth-order valence-electron chi connectivity index (χ4n) is 6.09. The van der Waals surface area contributed by atoms with Crippen molar-refractivity contribution in [3.63, 3.8) is 0 Å². The van der Waals surface area contributed by atoms with E-state index in [9.17, 15) is 9.59 Å². The van der Waals surface area contributed by atoms with Gasteiger partial charge in [-0.2, -0.15) is 0 Å². The first kappa shape index (κ1) is 43.9. The fourth-order valence-corrected chi connectivity index (χ4v) is 6.69. The Bertz CT molecular complexity index is 2280. The van der Waals surface area contributed by atoms with Crippen molar-refractivity contribution in [2.75, 3.05) is 26.4 Å². The quantitative estimate of drug-likeness (QED) is 0.0826. The highest BCUT2D eigenvalue weighted by molar-refractivity contribution is 6.42. The van der Waals surface area contributed by atoms with Crippen LogP contribution in [0.2, 0.25) is 20.1 Å². The number of rotatable bonds is 16. The van der Waals surface area contributed by atoms with E-state index in [1.165, 1.54) is 0 Å². The van der Waals surface area contributed by atoms with Crippen LogP contribution in [0.3, 0.4) is 0 Å². The first-order valence-electron chi connectivity index (χ1n) is 19.0. The number of halogens is 4. The highest BCUT2D eigenvalue weighted by Gasteiger charge is 2.35. The molecule has 4 aromatic rings. The molecule has 0 bridgehead atoms. The molecule has 6 nitrogen and oxygen atoms in total. The second kappa shape index (κ2) is 18.6. The van der Waals surface area contributed by atoms with E-state index in [-0.39, 0.29) is 21.3 Å². The molecule has 56 heavy (non-hydrogen) atoms. The summed E-state index contributed by atoms with van der Waals surface area (Å²) in [6.07, 6.45) is 9.01. The van der Waals surface area contributed by atoms with Gasteiger partial charge in [0.1, 0.15) is 16.9 Å². The van der Waals surface area contributed by atoms with Crippen molar-refractivity contribution in [2.24, 2.45) is 23.2 Å². The molecule has 10 heteroatoms. The van der Waals surface area contributed by atoms with Gasteiger partial charge in [-0.3, -0.25) is 9.59 Å². The molecule has 0 aliphatic carbocycles. The van der Waals surface area contributed by atoms with Crippen LogP contribution >= 0.6 is 46.4 Å². The van der Waals surface area contributed by atoms with Crippen molar-refractivity contribution in [2.45, 2.75) is 73.6 Å². The van der Waals surface area contributed by atoms with Crippen LogP contribution in [0.25, 0.3) is 29.2 Å². The minimum absolute atomic E-state index is 0.0864. The monoisotopic (exact) mass is 839 g/mol. The molecule has 1 aliphatic rings. The molecule has 3 aromatic carbocycles. The van der Waals surface area contributed by atoms with Crippen molar-refractivity contribution >= 4 is 64.3 Å². The van der Waals surface area contributed by atoms with Gasteiger partial charge in [0.15, 0.2) is 0 Å². The maximum Gasteiger partial charge on any atom is 0.360 e. The molecule has 2 heterocycles. The average Bonchev–Trinajstić information content (AvgIpc) is 3.15. The molecule has 0 fully saturated rings. The van der Waals surface area contributed by atoms with Gasteiger partial charge in [-0.25, -0.2) is 4.42 Å². The van der Waals surface area contributed by atoms with Gasteiger partial charge in [0.05, 0.1) is 55.4 Å². The number of benzene rings is 2. The standard InChI is InChI=1S/C46H51Cl4O6/c1-27(2)13-15-53-25-45(5,6)41-21-29(19-39(55-41)31-9-11-35(47)37(49)23-31)17-33-43(51)34(44(33)52)18-30-20-40(32-10-12-36(48)38(50)24-32)56-42(22-30)46(7,8)26-54-16-14-28(3)4/h9-12,17-24,27-29H,13-16,25-26H2,1-8H3/q+1. The van der Waals surface area contributed by atoms with Crippen LogP contribution in [0, 0.1) is 23.2 Å². The van der Waals surface area contributed by atoms with Crippen molar-refractivity contribution in [1.29, 1.82) is 0 Å². The summed E-state index contributed by atoms with van der Waals surface area (Å²) in [4.78, 5) is 27.6. The topological polar surface area (TPSA) is 73.1 Å². The van der Waals surface area contributed by atoms with E-state index >= 15 is 0 Å². The van der Waals surface area contributed by atoms with Gasteiger partial charge in [0.2, 0.25) is 10.9 Å². The van der Waals surface area contributed by atoms with Crippen LogP contribution in [0.4, 0.5) is 0 Å². The normalized spacial score (nSPS) is 14.9. The number of ether oxygens (including phenoxy) is 3. The van der Waals surface area contributed by atoms with Crippen LogP contribution in [-0.4, -0.2) is 26.4 Å². The minimum atomic E-state index is -0.534. The molecule has 1 unspecified atom stereocenters. The van der Waals surface area contributed by atoms with Gasteiger partial charge in [0, 0.05) is 36.2 Å². The van der Waals surface area contributed by atoms with E-state index in [0.29, 0.717) is 98.1 Å². The predicted molar refractivity (Wildman–Crippen MR) is 232 cm³/mol. The molecule has 1 aromatic heterocycles. The Morgan fingerprint density at radius 2 is 1.27 bits per heavy atom. The van der Waals surface area contributed by atoms with E-state index in [1.54, 1.807) is 42.5 Å². The maximum atomic E-state index is 13.8. The van der Waals surface area contributed by atoms with Gasteiger partial charge in [-0.1, -0.05) is 94.0 Å². The third kappa shape index (κ3) is 11.0. The zero-order valence-corrected chi connectivity index (χ0v) is 36.4. The summed E-state index contributed by atoms with van der Waals surface area (Å²) in [5.74, 6) is 2.95. The summed E-state index contributed by atoms with van der Waals surface area (Å²) in [5.41, 5.74) is 0.314. The third-order valence-electron chi connectivity index (χ3n) is 9.72. The van der Waals surface area contributed by atoms with Gasteiger partial charge in [0.25, 0.3) is 0 Å². The van der Waals surface area contributed by atoms with Gasteiger partial charge in [-0.15, -0.1) is 0 Å². The molecule has 0 N–H and O–H groups in total. The lowest BCUT2D eigenvalue weighted by molar-refractivity contribution is 0.0519. The smallest absolute Gasteiger partial charge is 0.360 e. The molecule has 0 saturated heterocycles. The molecule has 0 spiro atoms. The Hall–Kier alpha value is -3.23.